The smallest absolute Gasteiger partial charge is 0.317 e. The average Bonchev–Trinajstić information content (AvgIpc) is 2.44. The van der Waals surface area contributed by atoms with Gasteiger partial charge in [-0.2, -0.15) is 0 Å². The molecular weight excluding hydrogens is 270 g/mol. The minimum Gasteiger partial charge on any atom is -0.481 e. The highest BCUT2D eigenvalue weighted by Crippen LogP contribution is 2.19. The summed E-state index contributed by atoms with van der Waals surface area (Å²) >= 11 is 0. The molecule has 2 amide bonds. The summed E-state index contributed by atoms with van der Waals surface area (Å²) in [5, 5.41) is 11.9. The van der Waals surface area contributed by atoms with E-state index >= 15 is 0 Å². The van der Waals surface area contributed by atoms with Crippen LogP contribution >= 0.6 is 0 Å². The van der Waals surface area contributed by atoms with E-state index in [1.165, 1.54) is 0 Å². The first-order valence-electron chi connectivity index (χ1n) is 7.95. The van der Waals surface area contributed by atoms with Crippen LogP contribution in [-0.4, -0.2) is 65.7 Å². The lowest BCUT2D eigenvalue weighted by Crippen LogP contribution is -2.50. The number of hydrogen-bond acceptors (Lipinski definition) is 3. The van der Waals surface area contributed by atoms with Crippen LogP contribution in [0, 0.1) is 5.92 Å². The molecule has 6 nitrogen and oxygen atoms in total. The predicted molar refractivity (Wildman–Crippen MR) is 82.3 cm³/mol. The monoisotopic (exact) mass is 299 g/mol. The molecule has 1 saturated heterocycles. The van der Waals surface area contributed by atoms with Gasteiger partial charge in [-0.3, -0.25) is 4.79 Å². The summed E-state index contributed by atoms with van der Waals surface area (Å²) in [6.45, 7) is 10.3. The molecule has 1 heterocycles. The van der Waals surface area contributed by atoms with Crippen LogP contribution in [0.2, 0.25) is 0 Å². The average molecular weight is 299 g/mol. The van der Waals surface area contributed by atoms with Crippen molar-refractivity contribution in [2.24, 2.45) is 5.92 Å². The maximum atomic E-state index is 12.2. The zero-order valence-corrected chi connectivity index (χ0v) is 13.5. The molecule has 122 valence electrons. The van der Waals surface area contributed by atoms with Crippen LogP contribution in [0.4, 0.5) is 4.79 Å². The first kappa shape index (κ1) is 17.8. The Morgan fingerprint density at radius 2 is 2.05 bits per heavy atom. The number of likely N-dealkylation sites (N-methyl/N-ethyl adjacent to an activating group) is 1. The van der Waals surface area contributed by atoms with Crippen molar-refractivity contribution in [3.63, 3.8) is 0 Å². The summed E-state index contributed by atoms with van der Waals surface area (Å²) in [4.78, 5) is 27.1. The molecule has 6 heteroatoms. The Hall–Kier alpha value is -1.30. The second-order valence-electron chi connectivity index (χ2n) is 5.89. The van der Waals surface area contributed by atoms with E-state index < -0.39 is 5.97 Å². The minimum atomic E-state index is -0.780. The Morgan fingerprint density at radius 3 is 2.62 bits per heavy atom. The van der Waals surface area contributed by atoms with Gasteiger partial charge >= 0.3 is 12.0 Å². The zero-order valence-electron chi connectivity index (χ0n) is 13.5. The van der Waals surface area contributed by atoms with Crippen molar-refractivity contribution in [1.29, 1.82) is 0 Å². The van der Waals surface area contributed by atoms with Crippen molar-refractivity contribution >= 4 is 12.0 Å². The Morgan fingerprint density at radius 1 is 1.38 bits per heavy atom. The van der Waals surface area contributed by atoms with E-state index in [9.17, 15) is 9.59 Å². The fourth-order valence-electron chi connectivity index (χ4n) is 2.88. The number of carbonyl (C=O) groups is 2. The number of hydrogen-bond donors (Lipinski definition) is 2. The number of carboxylic acid groups (broad SMARTS) is 1. The molecule has 0 radical (unpaired) electrons. The molecule has 2 atom stereocenters. The molecule has 0 aromatic heterocycles. The topological polar surface area (TPSA) is 72.9 Å². The maximum absolute atomic E-state index is 12.2. The van der Waals surface area contributed by atoms with Gasteiger partial charge in [-0.05, 0) is 38.8 Å². The molecule has 0 aliphatic carbocycles. The number of urea groups is 1. The standard InChI is InChI=1S/C15H29N3O3/c1-4-17(5-2)10-12(3)16-15(21)18-8-6-7-13(11-18)9-14(19)20/h12-13H,4-11H2,1-3H3,(H,16,21)(H,19,20). The molecule has 0 aromatic rings. The number of nitrogens with one attached hydrogen (secondary N) is 1. The summed E-state index contributed by atoms with van der Waals surface area (Å²) in [6.07, 6.45) is 1.93. The Labute approximate surface area is 127 Å². The number of rotatable bonds is 7. The van der Waals surface area contributed by atoms with Gasteiger partial charge in [0, 0.05) is 32.1 Å². The molecule has 2 N–H and O–H groups in total. The predicted octanol–water partition coefficient (Wildman–Crippen LogP) is 1.61. The number of carboxylic acids is 1. The summed E-state index contributed by atoms with van der Waals surface area (Å²) in [6, 6.07) is 0.0296. The number of nitrogens with zero attached hydrogens (tertiary/aromatic N) is 2. The minimum absolute atomic E-state index is 0.0651. The van der Waals surface area contributed by atoms with Crippen molar-refractivity contribution in [3.8, 4) is 0 Å². The third-order valence-electron chi connectivity index (χ3n) is 4.07. The van der Waals surface area contributed by atoms with E-state index in [2.05, 4.69) is 24.1 Å². The lowest BCUT2D eigenvalue weighted by atomic mass is 9.95. The Balaban J connectivity index is 2.41. The number of likely N-dealkylation sites (tertiary alicyclic amines) is 1. The van der Waals surface area contributed by atoms with E-state index in [1.54, 1.807) is 4.90 Å². The third kappa shape index (κ3) is 6.33. The van der Waals surface area contributed by atoms with Gasteiger partial charge in [-0.25, -0.2) is 4.79 Å². The summed E-state index contributed by atoms with van der Waals surface area (Å²) in [5.74, 6) is -0.697. The summed E-state index contributed by atoms with van der Waals surface area (Å²) < 4.78 is 0. The summed E-state index contributed by atoms with van der Waals surface area (Å²) in [5.41, 5.74) is 0. The van der Waals surface area contributed by atoms with Gasteiger partial charge in [0.05, 0.1) is 0 Å². The highest BCUT2D eigenvalue weighted by Gasteiger charge is 2.25. The van der Waals surface area contributed by atoms with Crippen LogP contribution in [0.25, 0.3) is 0 Å². The lowest BCUT2D eigenvalue weighted by molar-refractivity contribution is -0.138. The van der Waals surface area contributed by atoms with Crippen LogP contribution in [0.5, 0.6) is 0 Å². The first-order valence-corrected chi connectivity index (χ1v) is 7.95. The quantitative estimate of drug-likeness (QED) is 0.749. The van der Waals surface area contributed by atoms with Crippen molar-refractivity contribution in [3.05, 3.63) is 0 Å². The lowest BCUT2D eigenvalue weighted by Gasteiger charge is -2.33. The largest absolute Gasteiger partial charge is 0.481 e. The molecule has 1 aliphatic heterocycles. The third-order valence-corrected chi connectivity index (χ3v) is 4.07. The van der Waals surface area contributed by atoms with Crippen LogP contribution < -0.4 is 5.32 Å². The van der Waals surface area contributed by atoms with Crippen LogP contribution in [0.15, 0.2) is 0 Å². The van der Waals surface area contributed by atoms with E-state index in [0.29, 0.717) is 6.54 Å². The number of carbonyl (C=O) groups excluding carboxylic acids is 1. The first-order chi connectivity index (χ1) is 9.96. The molecule has 2 unspecified atom stereocenters. The molecule has 0 spiro atoms. The fourth-order valence-corrected chi connectivity index (χ4v) is 2.88. The van der Waals surface area contributed by atoms with Crippen molar-refractivity contribution in [2.45, 2.75) is 46.1 Å². The maximum Gasteiger partial charge on any atom is 0.317 e. The van der Waals surface area contributed by atoms with Gasteiger partial charge in [0.2, 0.25) is 0 Å². The van der Waals surface area contributed by atoms with Gasteiger partial charge < -0.3 is 20.2 Å². The number of aliphatic carboxylic acids is 1. The molecule has 1 fully saturated rings. The highest BCUT2D eigenvalue weighted by molar-refractivity contribution is 5.74. The SMILES string of the molecule is CCN(CC)CC(C)NC(=O)N1CCCC(CC(=O)O)C1. The second kappa shape index (κ2) is 8.87. The zero-order chi connectivity index (χ0) is 15.8. The normalized spacial score (nSPS) is 20.4. The molecule has 0 bridgehead atoms. The van der Waals surface area contributed by atoms with E-state index in [1.807, 2.05) is 6.92 Å². The van der Waals surface area contributed by atoms with E-state index in [-0.39, 0.29) is 24.4 Å². The van der Waals surface area contributed by atoms with Gasteiger partial charge in [0.25, 0.3) is 0 Å². The molecule has 0 saturated carbocycles. The van der Waals surface area contributed by atoms with Gasteiger partial charge in [0.1, 0.15) is 0 Å². The fraction of sp³-hybridized carbons (Fsp3) is 0.867. The highest BCUT2D eigenvalue weighted by atomic mass is 16.4. The number of piperidine rings is 1. The van der Waals surface area contributed by atoms with Gasteiger partial charge in [-0.15, -0.1) is 0 Å². The summed E-state index contributed by atoms with van der Waals surface area (Å²) in [7, 11) is 0. The van der Waals surface area contributed by atoms with Crippen molar-refractivity contribution in [1.82, 2.24) is 15.1 Å². The van der Waals surface area contributed by atoms with Crippen LogP contribution in [0.1, 0.15) is 40.0 Å². The molecule has 1 aliphatic rings. The second-order valence-corrected chi connectivity index (χ2v) is 5.89. The van der Waals surface area contributed by atoms with Crippen molar-refractivity contribution in [2.75, 3.05) is 32.7 Å². The molecule has 1 rings (SSSR count). The van der Waals surface area contributed by atoms with E-state index in [4.69, 9.17) is 5.11 Å². The van der Waals surface area contributed by atoms with Gasteiger partial charge in [-0.1, -0.05) is 13.8 Å². The molecule has 0 aromatic carbocycles. The Kier molecular flexibility index (Phi) is 7.50. The van der Waals surface area contributed by atoms with Gasteiger partial charge in [0.15, 0.2) is 0 Å². The number of amides is 2. The van der Waals surface area contributed by atoms with Crippen molar-refractivity contribution < 1.29 is 14.7 Å². The van der Waals surface area contributed by atoms with Crippen LogP contribution in [-0.2, 0) is 4.79 Å². The van der Waals surface area contributed by atoms with E-state index in [0.717, 1.165) is 39.0 Å². The molecular formula is C15H29N3O3. The Bertz CT molecular complexity index is 345. The van der Waals surface area contributed by atoms with Crippen LogP contribution in [0.3, 0.4) is 0 Å². The molecule has 21 heavy (non-hydrogen) atoms.